The normalized spacial score (nSPS) is 20.3. The predicted octanol–water partition coefficient (Wildman–Crippen LogP) is -1.88. The van der Waals surface area contributed by atoms with Gasteiger partial charge in [-0.3, -0.25) is 0 Å². The Morgan fingerprint density at radius 1 is 0.600 bits per heavy atom. The lowest BCUT2D eigenvalue weighted by Crippen LogP contribution is -2.50. The predicted molar refractivity (Wildman–Crippen MR) is 117 cm³/mol. The van der Waals surface area contributed by atoms with Crippen LogP contribution in [0.1, 0.15) is 36.8 Å². The number of nitrogens with one attached hydrogen (secondary N) is 2. The van der Waals surface area contributed by atoms with Crippen molar-refractivity contribution in [2.75, 3.05) is 0 Å². The number of hydrogen-bond acceptors (Lipinski definition) is 8. The fourth-order valence-corrected chi connectivity index (χ4v) is 5.04. The zero-order chi connectivity index (χ0) is 21.8. The van der Waals surface area contributed by atoms with E-state index in [1.807, 2.05) is 0 Å². The summed E-state index contributed by atoms with van der Waals surface area (Å²) in [6.45, 7) is 1.29. The van der Waals surface area contributed by atoms with E-state index in [2.05, 4.69) is 10.6 Å². The third-order valence-corrected chi connectivity index (χ3v) is 7.80. The van der Waals surface area contributed by atoms with Gasteiger partial charge in [-0.1, -0.05) is 61.4 Å². The fourth-order valence-electron chi connectivity index (χ4n) is 3.81. The molecule has 1 saturated carbocycles. The van der Waals surface area contributed by atoms with Crippen molar-refractivity contribution in [3.63, 3.8) is 0 Å². The molecule has 8 N–H and O–H groups in total. The molecule has 0 radical (unpaired) electrons. The Balaban J connectivity index is 1.53. The van der Waals surface area contributed by atoms with Crippen molar-refractivity contribution in [3.8, 4) is 0 Å². The zero-order valence-corrected chi connectivity index (χ0v) is 18.7. The first kappa shape index (κ1) is 23.2. The monoisotopic (exact) mass is 450 g/mol. The van der Waals surface area contributed by atoms with Crippen LogP contribution in [0.5, 0.6) is 0 Å². The minimum atomic E-state index is -4.25. The van der Waals surface area contributed by atoms with E-state index >= 15 is 0 Å². The van der Waals surface area contributed by atoms with Gasteiger partial charge in [-0.25, -0.2) is 0 Å². The van der Waals surface area contributed by atoms with Gasteiger partial charge in [-0.2, -0.15) is 0 Å². The van der Waals surface area contributed by atoms with E-state index < -0.39 is 17.6 Å². The van der Waals surface area contributed by atoms with E-state index in [0.29, 0.717) is 25.2 Å². The van der Waals surface area contributed by atoms with Gasteiger partial charge in [-0.15, -0.1) is 0 Å². The highest BCUT2D eigenvalue weighted by molar-refractivity contribution is 6.71. The van der Waals surface area contributed by atoms with Crippen LogP contribution in [-0.2, 0) is 13.1 Å². The molecule has 3 rings (SSSR count). The van der Waals surface area contributed by atoms with Crippen LogP contribution in [0.15, 0.2) is 48.5 Å². The molecule has 2 aromatic rings. The Morgan fingerprint density at radius 3 is 1.23 bits per heavy atom. The molecule has 164 valence electrons. The van der Waals surface area contributed by atoms with E-state index in [4.69, 9.17) is 0 Å². The van der Waals surface area contributed by atoms with E-state index in [1.165, 1.54) is 0 Å². The second-order valence-electron chi connectivity index (χ2n) is 7.92. The second kappa shape index (κ2) is 9.79. The Kier molecular flexibility index (Phi) is 7.58. The van der Waals surface area contributed by atoms with Crippen LogP contribution in [0.2, 0.25) is 0 Å². The Bertz CT molecular complexity index is 737. The molecule has 30 heavy (non-hydrogen) atoms. The molecule has 2 aromatic carbocycles. The summed E-state index contributed by atoms with van der Waals surface area (Å²) in [7, 11) is -8.50. The highest BCUT2D eigenvalue weighted by atomic mass is 28.4. The number of benzene rings is 2. The van der Waals surface area contributed by atoms with Gasteiger partial charge in [-0.05, 0) is 24.0 Å². The molecule has 1 aliphatic rings. The first-order valence-electron chi connectivity index (χ1n) is 10.1. The Morgan fingerprint density at radius 2 is 0.933 bits per heavy atom. The molecule has 0 heterocycles. The summed E-state index contributed by atoms with van der Waals surface area (Å²) >= 11 is 0. The van der Waals surface area contributed by atoms with Crippen LogP contribution in [0.25, 0.3) is 0 Å². The third kappa shape index (κ3) is 6.52. The van der Waals surface area contributed by atoms with Crippen molar-refractivity contribution in [1.82, 2.24) is 10.6 Å². The van der Waals surface area contributed by atoms with Crippen LogP contribution in [0.3, 0.4) is 0 Å². The molecular weight excluding hydrogens is 420 g/mol. The molecule has 8 nitrogen and oxygen atoms in total. The van der Waals surface area contributed by atoms with Crippen molar-refractivity contribution < 1.29 is 28.8 Å². The summed E-state index contributed by atoms with van der Waals surface area (Å²) in [6, 6.07) is 13.9. The van der Waals surface area contributed by atoms with E-state index in [9.17, 15) is 28.8 Å². The fraction of sp³-hybridized carbons (Fsp3) is 0.400. The van der Waals surface area contributed by atoms with Gasteiger partial charge in [0.25, 0.3) is 0 Å². The van der Waals surface area contributed by atoms with Crippen molar-refractivity contribution in [2.24, 2.45) is 0 Å². The van der Waals surface area contributed by atoms with Crippen LogP contribution in [0.4, 0.5) is 0 Å². The van der Waals surface area contributed by atoms with Crippen LogP contribution in [-0.4, -0.2) is 58.5 Å². The van der Waals surface area contributed by atoms with Crippen molar-refractivity contribution >= 4 is 28.0 Å². The van der Waals surface area contributed by atoms with Crippen LogP contribution >= 0.6 is 0 Å². The standard InChI is InChI=1S/C20H30N2O6Si2/c23-29(24,25)17-9-5-15(6-10-17)13-21-19-3-1-2-4-20(19)22-14-16-7-11-18(12-8-16)30(26,27)28/h5-12,19-28H,1-4,13-14H2. The minimum absolute atomic E-state index is 0.165. The maximum absolute atomic E-state index is 9.35. The van der Waals surface area contributed by atoms with E-state index in [0.717, 1.165) is 36.8 Å². The molecule has 0 aromatic heterocycles. The molecule has 2 unspecified atom stereocenters. The van der Waals surface area contributed by atoms with Crippen LogP contribution in [0, 0.1) is 0 Å². The van der Waals surface area contributed by atoms with Gasteiger partial charge in [0.1, 0.15) is 0 Å². The second-order valence-corrected chi connectivity index (χ2v) is 11.6. The van der Waals surface area contributed by atoms with Crippen molar-refractivity contribution in [1.29, 1.82) is 0 Å². The topological polar surface area (TPSA) is 145 Å². The molecule has 0 bridgehead atoms. The van der Waals surface area contributed by atoms with Crippen molar-refractivity contribution in [2.45, 2.75) is 50.9 Å². The lowest BCUT2D eigenvalue weighted by molar-refractivity contribution is 0.248. The molecule has 2 atom stereocenters. The summed E-state index contributed by atoms with van der Waals surface area (Å²) in [5.41, 5.74) is 2.00. The summed E-state index contributed by atoms with van der Waals surface area (Å²) < 4.78 is 0. The van der Waals surface area contributed by atoms with Gasteiger partial charge < -0.3 is 39.4 Å². The maximum Gasteiger partial charge on any atom is 0.528 e. The zero-order valence-electron chi connectivity index (χ0n) is 16.7. The quantitative estimate of drug-likeness (QED) is 0.218. The summed E-state index contributed by atoms with van der Waals surface area (Å²) in [5, 5.41) is 7.49. The third-order valence-electron chi connectivity index (χ3n) is 5.59. The molecule has 0 amide bonds. The van der Waals surface area contributed by atoms with Gasteiger partial charge in [0.05, 0.1) is 0 Å². The smallest absolute Gasteiger partial charge is 0.386 e. The highest BCUT2D eigenvalue weighted by Gasteiger charge is 2.31. The lowest BCUT2D eigenvalue weighted by atomic mass is 9.90. The average molecular weight is 451 g/mol. The molecular formula is C20H30N2O6Si2. The molecule has 1 aliphatic carbocycles. The summed E-state index contributed by atoms with van der Waals surface area (Å²) in [5.74, 6) is 0. The minimum Gasteiger partial charge on any atom is -0.386 e. The Labute approximate surface area is 178 Å². The first-order valence-corrected chi connectivity index (χ1v) is 13.8. The molecule has 0 spiro atoms. The number of rotatable bonds is 8. The molecule has 10 heteroatoms. The average Bonchev–Trinajstić information content (AvgIpc) is 2.70. The Hall–Kier alpha value is -1.45. The molecule has 0 saturated heterocycles. The highest BCUT2D eigenvalue weighted by Crippen LogP contribution is 2.19. The lowest BCUT2D eigenvalue weighted by Gasteiger charge is -2.33. The van der Waals surface area contributed by atoms with Gasteiger partial charge in [0, 0.05) is 35.5 Å². The van der Waals surface area contributed by atoms with E-state index in [1.54, 1.807) is 48.5 Å². The molecule has 1 fully saturated rings. The van der Waals surface area contributed by atoms with Crippen molar-refractivity contribution in [3.05, 3.63) is 59.7 Å². The van der Waals surface area contributed by atoms with Crippen LogP contribution < -0.4 is 21.0 Å². The van der Waals surface area contributed by atoms with E-state index in [-0.39, 0.29) is 10.4 Å². The van der Waals surface area contributed by atoms with Gasteiger partial charge >= 0.3 is 17.6 Å². The first-order chi connectivity index (χ1) is 14.1. The summed E-state index contributed by atoms with van der Waals surface area (Å²) in [6.07, 6.45) is 4.44. The number of hydrogen-bond donors (Lipinski definition) is 8. The van der Waals surface area contributed by atoms with Gasteiger partial charge in [0.2, 0.25) is 0 Å². The molecule has 0 aliphatic heterocycles. The maximum atomic E-state index is 9.35. The largest absolute Gasteiger partial charge is 0.528 e. The SMILES string of the molecule is O[Si](O)(O)c1ccc(CNC2CCCCC2NCc2ccc([Si](O)(O)O)cc2)cc1. The van der Waals surface area contributed by atoms with Gasteiger partial charge in [0.15, 0.2) is 0 Å². The summed E-state index contributed by atoms with van der Waals surface area (Å²) in [4.78, 5) is 56.1.